The minimum absolute atomic E-state index is 0.307. The van der Waals surface area contributed by atoms with E-state index in [-0.39, 0.29) is 0 Å². The first kappa shape index (κ1) is 11.5. The number of unbranched alkanes of at least 4 members (excludes halogenated alkanes) is 1. The minimum Gasteiger partial charge on any atom is -0.300 e. The molecule has 0 spiro atoms. The minimum atomic E-state index is 0.307. The van der Waals surface area contributed by atoms with E-state index in [1.165, 1.54) is 0 Å². The van der Waals surface area contributed by atoms with E-state index in [1.807, 2.05) is 13.8 Å². The summed E-state index contributed by atoms with van der Waals surface area (Å²) in [6.45, 7) is 7.72. The zero-order chi connectivity index (χ0) is 7.70. The molecule has 0 saturated heterocycles. The molecule has 56 valence electrons. The fourth-order valence-electron chi connectivity index (χ4n) is 0.426. The summed E-state index contributed by atoms with van der Waals surface area (Å²) in [5.74, 6) is 0.307. The van der Waals surface area contributed by atoms with Crippen LogP contribution < -0.4 is 0 Å². The highest BCUT2D eigenvalue weighted by Gasteiger charge is 1.87. The highest BCUT2D eigenvalue weighted by atomic mass is 16.1. The summed E-state index contributed by atoms with van der Waals surface area (Å²) in [6, 6.07) is 0. The lowest BCUT2D eigenvalue weighted by Crippen LogP contribution is -1.86. The Bertz CT molecular complexity index is 57.6. The van der Waals surface area contributed by atoms with E-state index in [0.717, 1.165) is 19.3 Å². The van der Waals surface area contributed by atoms with Gasteiger partial charge in [-0.05, 0) is 13.3 Å². The first-order valence-electron chi connectivity index (χ1n) is 3.76. The average molecular weight is 130 g/mol. The van der Waals surface area contributed by atoms with E-state index < -0.39 is 0 Å². The van der Waals surface area contributed by atoms with Gasteiger partial charge in [-0.3, -0.25) is 0 Å². The molecular weight excluding hydrogens is 112 g/mol. The van der Waals surface area contributed by atoms with Crippen molar-refractivity contribution in [3.63, 3.8) is 0 Å². The molecule has 0 saturated carbocycles. The Morgan fingerprint density at radius 2 is 1.78 bits per heavy atom. The highest BCUT2D eigenvalue weighted by molar-refractivity contribution is 5.75. The smallest absolute Gasteiger partial charge is 0.129 e. The summed E-state index contributed by atoms with van der Waals surface area (Å²) in [5.41, 5.74) is 0. The van der Waals surface area contributed by atoms with Crippen LogP contribution >= 0.6 is 0 Å². The van der Waals surface area contributed by atoms with Crippen molar-refractivity contribution in [2.75, 3.05) is 0 Å². The van der Waals surface area contributed by atoms with Crippen LogP contribution in [0.2, 0.25) is 0 Å². The fourth-order valence-corrected chi connectivity index (χ4v) is 0.426. The maximum absolute atomic E-state index is 10.2. The summed E-state index contributed by atoms with van der Waals surface area (Å²) >= 11 is 0. The molecular formula is C8H18O. The topological polar surface area (TPSA) is 17.1 Å². The molecule has 1 nitrogen and oxygen atoms in total. The Balaban J connectivity index is 0. The third kappa shape index (κ3) is 18.3. The maximum atomic E-state index is 10.2. The third-order valence-corrected chi connectivity index (χ3v) is 0.882. The van der Waals surface area contributed by atoms with Gasteiger partial charge >= 0.3 is 0 Å². The molecule has 0 heterocycles. The number of hydrogen-bond donors (Lipinski definition) is 0. The van der Waals surface area contributed by atoms with Crippen molar-refractivity contribution < 1.29 is 4.79 Å². The van der Waals surface area contributed by atoms with Gasteiger partial charge in [-0.2, -0.15) is 0 Å². The Morgan fingerprint density at radius 1 is 1.33 bits per heavy atom. The lowest BCUT2D eigenvalue weighted by Gasteiger charge is -1.86. The predicted octanol–water partition coefficient (Wildman–Crippen LogP) is 2.79. The first-order chi connectivity index (χ1) is 4.27. The molecule has 0 bridgehead atoms. The molecule has 0 aliphatic carbocycles. The van der Waals surface area contributed by atoms with E-state index in [1.54, 1.807) is 6.92 Å². The third-order valence-electron chi connectivity index (χ3n) is 0.882. The molecule has 0 radical (unpaired) electrons. The summed E-state index contributed by atoms with van der Waals surface area (Å²) in [4.78, 5) is 10.2. The second-order valence-electron chi connectivity index (χ2n) is 1.81. The van der Waals surface area contributed by atoms with Crippen molar-refractivity contribution in [3.8, 4) is 0 Å². The van der Waals surface area contributed by atoms with Gasteiger partial charge < -0.3 is 4.79 Å². The molecule has 0 N–H and O–H groups in total. The summed E-state index contributed by atoms with van der Waals surface area (Å²) < 4.78 is 0. The van der Waals surface area contributed by atoms with Gasteiger partial charge in [0.25, 0.3) is 0 Å². The maximum Gasteiger partial charge on any atom is 0.129 e. The molecule has 0 rings (SSSR count). The zero-order valence-corrected chi connectivity index (χ0v) is 7.03. The first-order valence-corrected chi connectivity index (χ1v) is 3.76. The van der Waals surface area contributed by atoms with Gasteiger partial charge in [-0.15, -0.1) is 0 Å². The number of ketones is 1. The Hall–Kier alpha value is -0.330. The summed E-state index contributed by atoms with van der Waals surface area (Å²) in [7, 11) is 0. The number of rotatable bonds is 3. The van der Waals surface area contributed by atoms with Gasteiger partial charge in [-0.25, -0.2) is 0 Å². The zero-order valence-electron chi connectivity index (χ0n) is 7.03. The molecule has 0 aromatic rings. The van der Waals surface area contributed by atoms with Crippen LogP contribution in [-0.4, -0.2) is 5.78 Å². The Kier molecular flexibility index (Phi) is 13.5. The summed E-state index contributed by atoms with van der Waals surface area (Å²) in [5, 5.41) is 0. The van der Waals surface area contributed by atoms with Gasteiger partial charge in [0.05, 0.1) is 0 Å². The van der Waals surface area contributed by atoms with Gasteiger partial charge in [0.1, 0.15) is 5.78 Å². The van der Waals surface area contributed by atoms with Crippen LogP contribution in [0.3, 0.4) is 0 Å². The molecule has 0 unspecified atom stereocenters. The van der Waals surface area contributed by atoms with Crippen molar-refractivity contribution in [1.82, 2.24) is 0 Å². The number of carbonyl (C=O) groups excluding carboxylic acids is 1. The van der Waals surface area contributed by atoms with Crippen LogP contribution in [0, 0.1) is 0 Å². The van der Waals surface area contributed by atoms with Crippen LogP contribution in [0.1, 0.15) is 47.0 Å². The molecule has 1 heteroatoms. The second kappa shape index (κ2) is 10.6. The molecule has 0 amide bonds. The van der Waals surface area contributed by atoms with Crippen molar-refractivity contribution in [2.45, 2.75) is 47.0 Å². The normalized spacial score (nSPS) is 7.56. The molecule has 9 heavy (non-hydrogen) atoms. The molecule has 0 aliphatic heterocycles. The average Bonchev–Trinajstić information content (AvgIpc) is 1.88. The van der Waals surface area contributed by atoms with E-state index in [4.69, 9.17) is 0 Å². The van der Waals surface area contributed by atoms with E-state index in [9.17, 15) is 4.79 Å². The van der Waals surface area contributed by atoms with Crippen LogP contribution in [0.25, 0.3) is 0 Å². The van der Waals surface area contributed by atoms with E-state index in [0.29, 0.717) is 5.78 Å². The Morgan fingerprint density at radius 3 is 1.89 bits per heavy atom. The lowest BCUT2D eigenvalue weighted by molar-refractivity contribution is -0.117. The van der Waals surface area contributed by atoms with Crippen LogP contribution in [0.5, 0.6) is 0 Å². The Labute approximate surface area is 58.5 Å². The van der Waals surface area contributed by atoms with Crippen molar-refractivity contribution in [2.24, 2.45) is 0 Å². The van der Waals surface area contributed by atoms with Crippen molar-refractivity contribution in [1.29, 1.82) is 0 Å². The largest absolute Gasteiger partial charge is 0.300 e. The van der Waals surface area contributed by atoms with Gasteiger partial charge in [0.15, 0.2) is 0 Å². The van der Waals surface area contributed by atoms with E-state index >= 15 is 0 Å². The number of hydrogen-bond acceptors (Lipinski definition) is 1. The predicted molar refractivity (Wildman–Crippen MR) is 41.6 cm³/mol. The highest BCUT2D eigenvalue weighted by Crippen LogP contribution is 1.92. The van der Waals surface area contributed by atoms with Crippen molar-refractivity contribution in [3.05, 3.63) is 0 Å². The number of carbonyl (C=O) groups is 1. The lowest BCUT2D eigenvalue weighted by atomic mass is 10.2. The van der Waals surface area contributed by atoms with Gasteiger partial charge in [0, 0.05) is 6.42 Å². The monoisotopic (exact) mass is 130 g/mol. The molecule has 0 aromatic heterocycles. The van der Waals surface area contributed by atoms with Gasteiger partial charge in [0.2, 0.25) is 0 Å². The molecule has 0 atom stereocenters. The van der Waals surface area contributed by atoms with E-state index in [2.05, 4.69) is 6.92 Å². The standard InChI is InChI=1S/C6H12O.C2H6/c1-3-4-5-6(2)7;1-2/h3-5H2,1-2H3;1-2H3. The van der Waals surface area contributed by atoms with Crippen LogP contribution in [-0.2, 0) is 4.79 Å². The van der Waals surface area contributed by atoms with Crippen molar-refractivity contribution >= 4 is 5.78 Å². The quantitative estimate of drug-likeness (QED) is 0.574. The SMILES string of the molecule is CC.CCCCC(C)=O. The molecule has 0 fully saturated rings. The van der Waals surface area contributed by atoms with Gasteiger partial charge in [-0.1, -0.05) is 27.2 Å². The molecule has 0 aromatic carbocycles. The number of Topliss-reactive ketones (excluding diaryl/α,β-unsaturated/α-hetero) is 1. The van der Waals surface area contributed by atoms with Crippen LogP contribution in [0.4, 0.5) is 0 Å². The molecule has 0 aliphatic rings. The summed E-state index contributed by atoms with van der Waals surface area (Å²) in [6.07, 6.45) is 2.94. The second-order valence-corrected chi connectivity index (χ2v) is 1.81. The fraction of sp³-hybridized carbons (Fsp3) is 0.875. The van der Waals surface area contributed by atoms with Crippen LogP contribution in [0.15, 0.2) is 0 Å².